The van der Waals surface area contributed by atoms with E-state index in [1.54, 1.807) is 18.2 Å². The summed E-state index contributed by atoms with van der Waals surface area (Å²) in [6.07, 6.45) is 3.06. The predicted molar refractivity (Wildman–Crippen MR) is 90.3 cm³/mol. The van der Waals surface area contributed by atoms with Crippen LogP contribution in [0.2, 0.25) is 0 Å². The number of benzene rings is 2. The van der Waals surface area contributed by atoms with Gasteiger partial charge >= 0.3 is 0 Å². The Morgan fingerprint density at radius 1 is 1.29 bits per heavy atom. The molecule has 2 rings (SSSR count). The van der Waals surface area contributed by atoms with Crippen LogP contribution in [0.1, 0.15) is 15.9 Å². The van der Waals surface area contributed by atoms with E-state index in [9.17, 15) is 14.9 Å². The summed E-state index contributed by atoms with van der Waals surface area (Å²) in [6, 6.07) is 12.6. The van der Waals surface area contributed by atoms with Crippen LogP contribution in [0.25, 0.3) is 0 Å². The number of ether oxygens (including phenoxy) is 1. The largest absolute Gasteiger partial charge is 0.489 e. The van der Waals surface area contributed by atoms with Crippen molar-refractivity contribution in [1.82, 2.24) is 5.43 Å². The molecule has 0 unspecified atom stereocenters. The molecule has 1 N–H and O–H groups in total. The number of nitro groups is 1. The number of non-ortho nitro benzene ring substituents is 1. The first-order chi connectivity index (χ1) is 11.6. The van der Waals surface area contributed by atoms with Crippen LogP contribution < -0.4 is 10.2 Å². The molecule has 7 nitrogen and oxygen atoms in total. The van der Waals surface area contributed by atoms with E-state index in [0.29, 0.717) is 17.9 Å². The molecular formula is C17H15N3O4. The average Bonchev–Trinajstić information content (AvgIpc) is 2.60. The Morgan fingerprint density at radius 3 is 2.83 bits per heavy atom. The molecule has 122 valence electrons. The van der Waals surface area contributed by atoms with E-state index in [1.165, 1.54) is 30.5 Å². The Morgan fingerprint density at radius 2 is 2.08 bits per heavy atom. The number of rotatable bonds is 7. The van der Waals surface area contributed by atoms with E-state index in [2.05, 4.69) is 17.1 Å². The van der Waals surface area contributed by atoms with E-state index < -0.39 is 10.8 Å². The minimum absolute atomic E-state index is 0.151. The summed E-state index contributed by atoms with van der Waals surface area (Å²) in [6.45, 7) is 3.93. The van der Waals surface area contributed by atoms with Gasteiger partial charge in [0.1, 0.15) is 12.4 Å². The molecule has 0 spiro atoms. The van der Waals surface area contributed by atoms with Crippen molar-refractivity contribution < 1.29 is 14.5 Å². The van der Waals surface area contributed by atoms with Gasteiger partial charge in [0.25, 0.3) is 11.6 Å². The van der Waals surface area contributed by atoms with Gasteiger partial charge in [0.15, 0.2) is 0 Å². The molecule has 1 amide bonds. The molecule has 0 radical (unpaired) electrons. The first kappa shape index (κ1) is 16.9. The van der Waals surface area contributed by atoms with Crippen LogP contribution in [-0.2, 0) is 0 Å². The molecule has 0 bridgehead atoms. The summed E-state index contributed by atoms with van der Waals surface area (Å²) in [5.41, 5.74) is 3.00. The predicted octanol–water partition coefficient (Wildman–Crippen LogP) is 2.92. The van der Waals surface area contributed by atoms with Crippen molar-refractivity contribution in [3.8, 4) is 5.75 Å². The van der Waals surface area contributed by atoms with Crippen LogP contribution in [0.15, 0.2) is 66.3 Å². The molecule has 24 heavy (non-hydrogen) atoms. The van der Waals surface area contributed by atoms with Crippen molar-refractivity contribution in [3.63, 3.8) is 0 Å². The normalized spacial score (nSPS) is 10.3. The highest BCUT2D eigenvalue weighted by Crippen LogP contribution is 2.16. The summed E-state index contributed by atoms with van der Waals surface area (Å²) in [4.78, 5) is 22.1. The highest BCUT2D eigenvalue weighted by molar-refractivity contribution is 5.95. The Balaban J connectivity index is 2.06. The van der Waals surface area contributed by atoms with Gasteiger partial charge in [0.2, 0.25) is 0 Å². The highest BCUT2D eigenvalue weighted by Gasteiger charge is 2.10. The number of para-hydroxylation sites is 1. The molecule has 0 saturated heterocycles. The summed E-state index contributed by atoms with van der Waals surface area (Å²) in [5, 5.41) is 14.6. The molecule has 0 aliphatic rings. The second-order valence-electron chi connectivity index (χ2n) is 4.64. The Hall–Kier alpha value is -3.48. The number of nitrogens with zero attached hydrogens (tertiary/aromatic N) is 2. The fourth-order valence-corrected chi connectivity index (χ4v) is 1.85. The summed E-state index contributed by atoms with van der Waals surface area (Å²) >= 11 is 0. The maximum Gasteiger partial charge on any atom is 0.271 e. The second kappa shape index (κ2) is 8.23. The number of carbonyl (C=O) groups is 1. The number of hydrogen-bond donors (Lipinski definition) is 1. The maximum atomic E-state index is 12.0. The number of amides is 1. The van der Waals surface area contributed by atoms with Gasteiger partial charge in [-0.1, -0.05) is 30.9 Å². The molecule has 2 aromatic carbocycles. The van der Waals surface area contributed by atoms with Crippen molar-refractivity contribution in [1.29, 1.82) is 0 Å². The standard InChI is InChI=1S/C17H15N3O4/c1-2-10-24-16-9-4-3-6-14(16)12-18-19-17(21)13-7-5-8-15(11-13)20(22)23/h2-9,11-12H,1,10H2,(H,19,21)/b18-12-. The quantitative estimate of drug-likeness (QED) is 0.366. The zero-order valence-corrected chi connectivity index (χ0v) is 12.7. The lowest BCUT2D eigenvalue weighted by atomic mass is 10.2. The number of hydrogen-bond acceptors (Lipinski definition) is 5. The second-order valence-corrected chi connectivity index (χ2v) is 4.64. The molecule has 0 atom stereocenters. The average molecular weight is 325 g/mol. The van der Waals surface area contributed by atoms with Crippen LogP contribution in [0.3, 0.4) is 0 Å². The molecule has 0 aliphatic heterocycles. The first-order valence-electron chi connectivity index (χ1n) is 7.02. The van der Waals surface area contributed by atoms with Crippen molar-refractivity contribution in [2.75, 3.05) is 6.61 Å². The van der Waals surface area contributed by atoms with E-state index in [-0.39, 0.29) is 11.3 Å². The van der Waals surface area contributed by atoms with Crippen molar-refractivity contribution in [2.45, 2.75) is 0 Å². The zero-order chi connectivity index (χ0) is 17.4. The van der Waals surface area contributed by atoms with E-state index in [4.69, 9.17) is 4.74 Å². The zero-order valence-electron chi connectivity index (χ0n) is 12.7. The molecule has 0 aliphatic carbocycles. The van der Waals surface area contributed by atoms with Gasteiger partial charge in [-0.3, -0.25) is 14.9 Å². The topological polar surface area (TPSA) is 93.8 Å². The van der Waals surface area contributed by atoms with E-state index in [0.717, 1.165) is 0 Å². The molecule has 0 heterocycles. The summed E-state index contributed by atoms with van der Waals surface area (Å²) < 4.78 is 5.47. The third kappa shape index (κ3) is 4.51. The minimum atomic E-state index is -0.562. The van der Waals surface area contributed by atoms with E-state index >= 15 is 0 Å². The van der Waals surface area contributed by atoms with Crippen LogP contribution in [0.4, 0.5) is 5.69 Å². The third-order valence-electron chi connectivity index (χ3n) is 2.96. The van der Waals surface area contributed by atoms with Gasteiger partial charge < -0.3 is 4.74 Å². The molecule has 0 saturated carbocycles. The molecule has 7 heteroatoms. The lowest BCUT2D eigenvalue weighted by Crippen LogP contribution is -2.17. The Labute approximate surface area is 138 Å². The molecule has 2 aromatic rings. The Bertz CT molecular complexity index is 787. The maximum absolute atomic E-state index is 12.0. The fraction of sp³-hybridized carbons (Fsp3) is 0.0588. The SMILES string of the molecule is C=CCOc1ccccc1/C=N\NC(=O)c1cccc([N+](=O)[O-])c1. The molecular weight excluding hydrogens is 310 g/mol. The van der Waals surface area contributed by atoms with Gasteiger partial charge in [0.05, 0.1) is 11.1 Å². The van der Waals surface area contributed by atoms with Gasteiger partial charge in [-0.05, 0) is 18.2 Å². The smallest absolute Gasteiger partial charge is 0.271 e. The van der Waals surface area contributed by atoms with E-state index in [1.807, 2.05) is 12.1 Å². The number of nitrogens with one attached hydrogen (secondary N) is 1. The Kier molecular flexibility index (Phi) is 5.79. The van der Waals surface area contributed by atoms with Crippen LogP contribution >= 0.6 is 0 Å². The fourth-order valence-electron chi connectivity index (χ4n) is 1.85. The molecule has 0 fully saturated rings. The van der Waals surface area contributed by atoms with Crippen molar-refractivity contribution in [2.24, 2.45) is 5.10 Å². The lowest BCUT2D eigenvalue weighted by Gasteiger charge is -2.06. The number of carbonyl (C=O) groups excluding carboxylic acids is 1. The van der Waals surface area contributed by atoms with Gasteiger partial charge in [0, 0.05) is 23.3 Å². The van der Waals surface area contributed by atoms with Crippen molar-refractivity contribution >= 4 is 17.8 Å². The third-order valence-corrected chi connectivity index (χ3v) is 2.96. The van der Waals surface area contributed by atoms with Crippen LogP contribution in [-0.4, -0.2) is 23.7 Å². The lowest BCUT2D eigenvalue weighted by molar-refractivity contribution is -0.384. The number of hydrazone groups is 1. The minimum Gasteiger partial charge on any atom is -0.489 e. The van der Waals surface area contributed by atoms with Gasteiger partial charge in [-0.15, -0.1) is 0 Å². The van der Waals surface area contributed by atoms with Crippen LogP contribution in [0, 0.1) is 10.1 Å². The van der Waals surface area contributed by atoms with Crippen molar-refractivity contribution in [3.05, 3.63) is 82.4 Å². The summed E-state index contributed by atoms with van der Waals surface area (Å²) in [5.74, 6) is 0.0604. The molecule has 0 aromatic heterocycles. The van der Waals surface area contributed by atoms with Gasteiger partial charge in [-0.2, -0.15) is 5.10 Å². The summed E-state index contributed by atoms with van der Waals surface area (Å²) in [7, 11) is 0. The monoisotopic (exact) mass is 325 g/mol. The van der Waals surface area contributed by atoms with Crippen LogP contribution in [0.5, 0.6) is 5.75 Å². The van der Waals surface area contributed by atoms with Gasteiger partial charge in [-0.25, -0.2) is 5.43 Å². The first-order valence-corrected chi connectivity index (χ1v) is 7.02. The number of nitro benzene ring substituents is 1. The highest BCUT2D eigenvalue weighted by atomic mass is 16.6.